The number of carbonyl (C=O) groups is 1. The first-order valence-corrected chi connectivity index (χ1v) is 11.8. The van der Waals surface area contributed by atoms with Crippen molar-refractivity contribution in [3.05, 3.63) is 77.6 Å². The molecule has 0 saturated heterocycles. The van der Waals surface area contributed by atoms with E-state index in [1.807, 2.05) is 88.4 Å². The summed E-state index contributed by atoms with van der Waals surface area (Å²) in [5.41, 5.74) is 2.83. The van der Waals surface area contributed by atoms with Gasteiger partial charge in [-0.15, -0.1) is 0 Å². The second-order valence-corrected chi connectivity index (χ2v) is 8.51. The molecule has 34 heavy (non-hydrogen) atoms. The van der Waals surface area contributed by atoms with E-state index >= 15 is 0 Å². The molecule has 2 aromatic carbocycles. The average Bonchev–Trinajstić information content (AvgIpc) is 2.80. The molecule has 6 heteroatoms. The van der Waals surface area contributed by atoms with Crippen LogP contribution in [-0.4, -0.2) is 29.7 Å². The molecule has 1 amide bonds. The van der Waals surface area contributed by atoms with Crippen LogP contribution in [0.5, 0.6) is 17.2 Å². The van der Waals surface area contributed by atoms with E-state index in [4.69, 9.17) is 14.2 Å². The number of hydrogen-bond donors (Lipinski definition) is 1. The molecule has 0 spiro atoms. The summed E-state index contributed by atoms with van der Waals surface area (Å²) in [6.45, 7) is 10.7. The number of nitrogens with zero attached hydrogens (tertiary/aromatic N) is 1. The molecule has 180 valence electrons. The van der Waals surface area contributed by atoms with Crippen LogP contribution in [0.3, 0.4) is 0 Å². The van der Waals surface area contributed by atoms with E-state index in [-0.39, 0.29) is 18.1 Å². The molecule has 3 rings (SSSR count). The number of amides is 1. The maximum Gasteiger partial charge on any atom is 0.257 e. The summed E-state index contributed by atoms with van der Waals surface area (Å²) in [6, 6.07) is 18.5. The van der Waals surface area contributed by atoms with Crippen molar-refractivity contribution in [2.75, 3.05) is 11.9 Å². The number of anilines is 1. The Kier molecular flexibility index (Phi) is 9.05. The van der Waals surface area contributed by atoms with Crippen molar-refractivity contribution in [1.29, 1.82) is 0 Å². The number of benzene rings is 2. The number of ether oxygens (including phenoxy) is 3. The van der Waals surface area contributed by atoms with E-state index in [2.05, 4.69) is 17.2 Å². The van der Waals surface area contributed by atoms with Gasteiger partial charge in [-0.05, 0) is 82.6 Å². The second-order valence-electron chi connectivity index (χ2n) is 8.51. The lowest BCUT2D eigenvalue weighted by Crippen LogP contribution is -2.16. The van der Waals surface area contributed by atoms with E-state index in [1.54, 1.807) is 0 Å². The van der Waals surface area contributed by atoms with Gasteiger partial charge in [-0.3, -0.25) is 9.78 Å². The lowest BCUT2D eigenvalue weighted by molar-refractivity contribution is 0.0663. The Morgan fingerprint density at radius 1 is 0.971 bits per heavy atom. The normalized spacial score (nSPS) is 11.8. The van der Waals surface area contributed by atoms with Crippen molar-refractivity contribution >= 4 is 11.6 Å². The molecule has 0 aliphatic carbocycles. The molecule has 0 fully saturated rings. The highest BCUT2D eigenvalue weighted by atomic mass is 16.5. The first-order valence-electron chi connectivity index (χ1n) is 11.8. The molecule has 1 unspecified atom stereocenters. The van der Waals surface area contributed by atoms with Crippen molar-refractivity contribution in [1.82, 2.24) is 4.98 Å². The molecule has 1 heterocycles. The molecule has 3 aromatic rings. The Labute approximate surface area is 202 Å². The van der Waals surface area contributed by atoms with Crippen LogP contribution in [0.4, 0.5) is 5.69 Å². The lowest BCUT2D eigenvalue weighted by Gasteiger charge is -2.15. The highest BCUT2D eigenvalue weighted by Gasteiger charge is 2.13. The van der Waals surface area contributed by atoms with E-state index in [1.165, 1.54) is 0 Å². The minimum absolute atomic E-state index is 0.0483. The van der Waals surface area contributed by atoms with Gasteiger partial charge in [0.1, 0.15) is 5.75 Å². The molecular formula is C28H34N2O4. The Bertz CT molecular complexity index is 1080. The fourth-order valence-corrected chi connectivity index (χ4v) is 3.46. The zero-order valence-electron chi connectivity index (χ0n) is 20.6. The molecule has 0 aliphatic heterocycles. The minimum atomic E-state index is -0.198. The molecular weight excluding hydrogens is 428 g/mol. The third-order valence-corrected chi connectivity index (χ3v) is 5.04. The smallest absolute Gasteiger partial charge is 0.257 e. The molecule has 1 N–H and O–H groups in total. The van der Waals surface area contributed by atoms with Crippen LogP contribution in [0.2, 0.25) is 0 Å². The van der Waals surface area contributed by atoms with Gasteiger partial charge in [0, 0.05) is 24.4 Å². The Hall–Kier alpha value is -3.38. The zero-order chi connectivity index (χ0) is 24.5. The van der Waals surface area contributed by atoms with Gasteiger partial charge in [-0.1, -0.05) is 19.1 Å². The lowest BCUT2D eigenvalue weighted by atomic mass is 10.1. The average molecular weight is 463 g/mol. The Balaban J connectivity index is 1.62. The van der Waals surface area contributed by atoms with Crippen molar-refractivity contribution < 1.29 is 19.0 Å². The van der Waals surface area contributed by atoms with E-state index < -0.39 is 0 Å². The van der Waals surface area contributed by atoms with Crippen LogP contribution >= 0.6 is 0 Å². The molecule has 0 bridgehead atoms. The number of carbonyl (C=O) groups excluding carboxylic acids is 1. The number of rotatable bonds is 11. The number of aromatic nitrogens is 1. The van der Waals surface area contributed by atoms with Crippen LogP contribution in [0, 0.1) is 6.92 Å². The monoisotopic (exact) mass is 462 g/mol. The van der Waals surface area contributed by atoms with Crippen LogP contribution in [0.25, 0.3) is 0 Å². The molecule has 0 saturated carbocycles. The van der Waals surface area contributed by atoms with Crippen LogP contribution in [0.1, 0.15) is 55.9 Å². The van der Waals surface area contributed by atoms with Crippen molar-refractivity contribution in [3.8, 4) is 17.2 Å². The third kappa shape index (κ3) is 7.32. The van der Waals surface area contributed by atoms with Gasteiger partial charge in [-0.25, -0.2) is 0 Å². The summed E-state index contributed by atoms with van der Waals surface area (Å²) in [6.07, 6.45) is 1.85. The first-order chi connectivity index (χ1) is 16.4. The van der Waals surface area contributed by atoms with Crippen molar-refractivity contribution in [3.63, 3.8) is 0 Å². The number of para-hydroxylation sites is 2. The topological polar surface area (TPSA) is 69.7 Å². The van der Waals surface area contributed by atoms with E-state index in [9.17, 15) is 4.79 Å². The van der Waals surface area contributed by atoms with Crippen LogP contribution in [-0.2, 0) is 11.2 Å². The Morgan fingerprint density at radius 2 is 1.68 bits per heavy atom. The summed E-state index contributed by atoms with van der Waals surface area (Å²) in [5.74, 6) is 1.78. The van der Waals surface area contributed by atoms with Gasteiger partial charge in [0.2, 0.25) is 0 Å². The number of hydrogen-bond acceptors (Lipinski definition) is 5. The van der Waals surface area contributed by atoms with E-state index in [0.29, 0.717) is 34.2 Å². The molecule has 0 aliphatic rings. The number of aryl methyl sites for hydroxylation is 1. The fourth-order valence-electron chi connectivity index (χ4n) is 3.46. The highest BCUT2D eigenvalue weighted by molar-refractivity contribution is 6.05. The Morgan fingerprint density at radius 3 is 2.32 bits per heavy atom. The maximum absolute atomic E-state index is 12.8. The second kappa shape index (κ2) is 12.2. The summed E-state index contributed by atoms with van der Waals surface area (Å²) < 4.78 is 17.5. The predicted molar refractivity (Wildman–Crippen MR) is 135 cm³/mol. The molecule has 0 radical (unpaired) electrons. The maximum atomic E-state index is 12.8. The van der Waals surface area contributed by atoms with Gasteiger partial charge in [0.15, 0.2) is 11.5 Å². The van der Waals surface area contributed by atoms with Crippen molar-refractivity contribution in [2.24, 2.45) is 0 Å². The largest absolute Gasteiger partial charge is 0.487 e. The zero-order valence-corrected chi connectivity index (χ0v) is 20.6. The molecule has 6 nitrogen and oxygen atoms in total. The summed E-state index contributed by atoms with van der Waals surface area (Å²) >= 11 is 0. The first kappa shape index (κ1) is 25.2. The summed E-state index contributed by atoms with van der Waals surface area (Å²) in [5, 5.41) is 2.93. The van der Waals surface area contributed by atoms with E-state index in [0.717, 1.165) is 25.1 Å². The fraction of sp³-hybridized carbons (Fsp3) is 0.357. The van der Waals surface area contributed by atoms with Gasteiger partial charge in [0.05, 0.1) is 23.5 Å². The van der Waals surface area contributed by atoms with Gasteiger partial charge in [-0.2, -0.15) is 0 Å². The number of pyridine rings is 1. The highest BCUT2D eigenvalue weighted by Crippen LogP contribution is 2.32. The van der Waals surface area contributed by atoms with Gasteiger partial charge in [0.25, 0.3) is 5.91 Å². The molecule has 1 atom stereocenters. The minimum Gasteiger partial charge on any atom is -0.487 e. The standard InChI is InChI=1S/C28H34N2O4/c1-6-17-32-20(4)18-23-13-16-25(21(5)29-23)28(31)30-22-11-14-24(15-12-22)34-27-10-8-7-9-26(27)33-19(2)3/h7-16,19-20H,6,17-18H2,1-5H3,(H,30,31). The number of nitrogens with one attached hydrogen (secondary N) is 1. The van der Waals surface area contributed by atoms with Crippen LogP contribution < -0.4 is 14.8 Å². The summed E-state index contributed by atoms with van der Waals surface area (Å²) in [4.78, 5) is 17.4. The van der Waals surface area contributed by atoms with Gasteiger partial charge < -0.3 is 19.5 Å². The van der Waals surface area contributed by atoms with Crippen molar-refractivity contribution in [2.45, 2.75) is 59.7 Å². The molecule has 1 aromatic heterocycles. The predicted octanol–water partition coefficient (Wildman–Crippen LogP) is 6.58. The van der Waals surface area contributed by atoms with Crippen LogP contribution in [0.15, 0.2) is 60.7 Å². The third-order valence-electron chi connectivity index (χ3n) is 5.04. The quantitative estimate of drug-likeness (QED) is 0.349. The SMILES string of the molecule is CCCOC(C)Cc1ccc(C(=O)Nc2ccc(Oc3ccccc3OC(C)C)cc2)c(C)n1. The van der Waals surface area contributed by atoms with Gasteiger partial charge >= 0.3 is 0 Å². The summed E-state index contributed by atoms with van der Waals surface area (Å²) in [7, 11) is 0.